The number of hydrogen-bond donors (Lipinski definition) is 1. The Kier molecular flexibility index (Phi) is 4.90. The Morgan fingerprint density at radius 3 is 3.17 bits per heavy atom. The first-order valence-corrected chi connectivity index (χ1v) is 6.67. The van der Waals surface area contributed by atoms with Crippen LogP contribution in [0.15, 0.2) is 12.4 Å². The Labute approximate surface area is 109 Å². The maximum Gasteiger partial charge on any atom is 0.147 e. The molecule has 0 spiro atoms. The van der Waals surface area contributed by atoms with Crippen molar-refractivity contribution in [1.82, 2.24) is 15.3 Å². The van der Waals surface area contributed by atoms with Crippen LogP contribution in [0.3, 0.4) is 0 Å². The molecule has 5 heteroatoms. The zero-order valence-corrected chi connectivity index (χ0v) is 11.2. The molecule has 0 aliphatic carbocycles. The van der Waals surface area contributed by atoms with Gasteiger partial charge >= 0.3 is 0 Å². The van der Waals surface area contributed by atoms with E-state index in [0.29, 0.717) is 0 Å². The van der Waals surface area contributed by atoms with Gasteiger partial charge in [0.25, 0.3) is 0 Å². The summed E-state index contributed by atoms with van der Waals surface area (Å²) in [5, 5.41) is 3.34. The molecule has 1 unspecified atom stereocenters. The molecule has 0 radical (unpaired) electrons. The predicted octanol–water partition coefficient (Wildman–Crippen LogP) is 1.20. The Balaban J connectivity index is 1.97. The summed E-state index contributed by atoms with van der Waals surface area (Å²) >= 11 is 0. The van der Waals surface area contributed by atoms with Crippen LogP contribution in [-0.2, 0) is 11.3 Å². The van der Waals surface area contributed by atoms with E-state index in [9.17, 15) is 0 Å². The van der Waals surface area contributed by atoms with E-state index in [1.807, 2.05) is 12.4 Å². The van der Waals surface area contributed by atoms with Crippen molar-refractivity contribution < 1.29 is 4.74 Å². The quantitative estimate of drug-likeness (QED) is 0.796. The van der Waals surface area contributed by atoms with Crippen molar-refractivity contribution in [2.24, 2.45) is 0 Å². The van der Waals surface area contributed by atoms with E-state index in [1.54, 1.807) is 0 Å². The molecular formula is C13H22N4O. The first-order valence-electron chi connectivity index (χ1n) is 6.67. The summed E-state index contributed by atoms with van der Waals surface area (Å²) < 4.78 is 5.54. The highest BCUT2D eigenvalue weighted by atomic mass is 16.5. The van der Waals surface area contributed by atoms with Gasteiger partial charge in [0.15, 0.2) is 0 Å². The van der Waals surface area contributed by atoms with Crippen LogP contribution in [-0.4, -0.2) is 42.3 Å². The number of ether oxygens (including phenoxy) is 1. The van der Waals surface area contributed by atoms with Crippen LogP contribution in [0.1, 0.15) is 26.0 Å². The molecule has 1 atom stereocenters. The van der Waals surface area contributed by atoms with Crippen molar-refractivity contribution in [3.63, 3.8) is 0 Å². The fourth-order valence-electron chi connectivity index (χ4n) is 2.05. The molecule has 0 saturated carbocycles. The van der Waals surface area contributed by atoms with E-state index >= 15 is 0 Å². The molecule has 2 rings (SSSR count). The van der Waals surface area contributed by atoms with E-state index in [0.717, 1.165) is 50.7 Å². The van der Waals surface area contributed by atoms with Gasteiger partial charge < -0.3 is 15.0 Å². The average molecular weight is 250 g/mol. The Morgan fingerprint density at radius 1 is 1.50 bits per heavy atom. The molecule has 1 aliphatic heterocycles. The average Bonchev–Trinajstić information content (AvgIpc) is 2.39. The van der Waals surface area contributed by atoms with Gasteiger partial charge in [-0.3, -0.25) is 4.98 Å². The second kappa shape index (κ2) is 6.66. The maximum absolute atomic E-state index is 5.54. The maximum atomic E-state index is 5.54. The minimum absolute atomic E-state index is 0.266. The third-order valence-electron chi connectivity index (χ3n) is 2.97. The van der Waals surface area contributed by atoms with E-state index in [1.165, 1.54) is 0 Å². The summed E-state index contributed by atoms with van der Waals surface area (Å²) in [5.74, 6) is 0.959. The minimum atomic E-state index is 0.266. The molecule has 5 nitrogen and oxygen atoms in total. The highest BCUT2D eigenvalue weighted by Gasteiger charge is 2.18. The smallest absolute Gasteiger partial charge is 0.147 e. The van der Waals surface area contributed by atoms with Crippen LogP contribution < -0.4 is 10.2 Å². The standard InChI is InChI=1S/C13H22N4O/c1-3-4-14-7-12-8-15-9-13(16-12)17-5-6-18-11(2)10-17/h8-9,11,14H,3-7,10H2,1-2H3. The Bertz CT molecular complexity index is 372. The lowest BCUT2D eigenvalue weighted by atomic mass is 10.3. The van der Waals surface area contributed by atoms with Gasteiger partial charge in [-0.2, -0.15) is 0 Å². The van der Waals surface area contributed by atoms with Gasteiger partial charge in [-0.05, 0) is 19.9 Å². The Hall–Kier alpha value is -1.20. The lowest BCUT2D eigenvalue weighted by molar-refractivity contribution is 0.0529. The summed E-state index contributed by atoms with van der Waals surface area (Å²) in [7, 11) is 0. The van der Waals surface area contributed by atoms with Gasteiger partial charge in [-0.25, -0.2) is 4.98 Å². The lowest BCUT2D eigenvalue weighted by Gasteiger charge is -2.31. The molecule has 0 aromatic carbocycles. The van der Waals surface area contributed by atoms with Crippen LogP contribution in [0, 0.1) is 0 Å². The predicted molar refractivity (Wildman–Crippen MR) is 71.7 cm³/mol. The number of aromatic nitrogens is 2. The summed E-state index contributed by atoms with van der Waals surface area (Å²) in [6, 6.07) is 0. The van der Waals surface area contributed by atoms with Gasteiger partial charge in [0, 0.05) is 25.8 Å². The molecule has 2 heterocycles. The molecular weight excluding hydrogens is 228 g/mol. The van der Waals surface area contributed by atoms with Crippen LogP contribution in [0.4, 0.5) is 5.82 Å². The van der Waals surface area contributed by atoms with Crippen molar-refractivity contribution >= 4 is 5.82 Å². The summed E-state index contributed by atoms with van der Waals surface area (Å²) in [5.41, 5.74) is 1.00. The Morgan fingerprint density at radius 2 is 2.39 bits per heavy atom. The van der Waals surface area contributed by atoms with Crippen molar-refractivity contribution in [2.45, 2.75) is 32.9 Å². The fraction of sp³-hybridized carbons (Fsp3) is 0.692. The SMILES string of the molecule is CCCNCc1cncc(N2CCOC(C)C2)n1. The highest BCUT2D eigenvalue weighted by molar-refractivity contribution is 5.37. The third kappa shape index (κ3) is 3.65. The van der Waals surface area contributed by atoms with E-state index in [2.05, 4.69) is 34.0 Å². The van der Waals surface area contributed by atoms with E-state index in [-0.39, 0.29) is 6.10 Å². The minimum Gasteiger partial charge on any atom is -0.375 e. The van der Waals surface area contributed by atoms with Crippen LogP contribution >= 0.6 is 0 Å². The topological polar surface area (TPSA) is 50.3 Å². The molecule has 18 heavy (non-hydrogen) atoms. The summed E-state index contributed by atoms with van der Waals surface area (Å²) in [6.07, 6.45) is 5.06. The van der Waals surface area contributed by atoms with Crippen molar-refractivity contribution in [3.05, 3.63) is 18.1 Å². The van der Waals surface area contributed by atoms with Crippen LogP contribution in [0.2, 0.25) is 0 Å². The highest BCUT2D eigenvalue weighted by Crippen LogP contribution is 2.14. The van der Waals surface area contributed by atoms with Gasteiger partial charge in [0.2, 0.25) is 0 Å². The molecule has 1 aromatic heterocycles. The van der Waals surface area contributed by atoms with Crippen molar-refractivity contribution in [1.29, 1.82) is 0 Å². The number of hydrogen-bond acceptors (Lipinski definition) is 5. The number of nitrogens with zero attached hydrogens (tertiary/aromatic N) is 3. The third-order valence-corrected chi connectivity index (χ3v) is 2.97. The van der Waals surface area contributed by atoms with Gasteiger partial charge in [0.05, 0.1) is 24.6 Å². The molecule has 0 amide bonds. The zero-order valence-electron chi connectivity index (χ0n) is 11.2. The first-order chi connectivity index (χ1) is 8.79. The van der Waals surface area contributed by atoms with Crippen LogP contribution in [0.5, 0.6) is 0 Å². The largest absolute Gasteiger partial charge is 0.375 e. The van der Waals surface area contributed by atoms with E-state index < -0.39 is 0 Å². The zero-order chi connectivity index (χ0) is 12.8. The second-order valence-electron chi connectivity index (χ2n) is 4.67. The summed E-state index contributed by atoms with van der Waals surface area (Å²) in [6.45, 7) is 8.60. The van der Waals surface area contributed by atoms with Gasteiger partial charge in [-0.1, -0.05) is 6.92 Å². The van der Waals surface area contributed by atoms with Crippen LogP contribution in [0.25, 0.3) is 0 Å². The van der Waals surface area contributed by atoms with Crippen molar-refractivity contribution in [3.8, 4) is 0 Å². The van der Waals surface area contributed by atoms with E-state index in [4.69, 9.17) is 4.74 Å². The molecule has 0 bridgehead atoms. The first kappa shape index (κ1) is 13.2. The van der Waals surface area contributed by atoms with Gasteiger partial charge in [-0.15, -0.1) is 0 Å². The molecule has 1 aliphatic rings. The molecule has 1 fully saturated rings. The lowest BCUT2D eigenvalue weighted by Crippen LogP contribution is -2.41. The second-order valence-corrected chi connectivity index (χ2v) is 4.67. The molecule has 1 aromatic rings. The number of nitrogens with one attached hydrogen (secondary N) is 1. The number of rotatable bonds is 5. The fourth-order valence-corrected chi connectivity index (χ4v) is 2.05. The summed E-state index contributed by atoms with van der Waals surface area (Å²) in [4.78, 5) is 11.2. The molecule has 1 saturated heterocycles. The normalized spacial score (nSPS) is 20.1. The monoisotopic (exact) mass is 250 g/mol. The number of morpholine rings is 1. The van der Waals surface area contributed by atoms with Crippen molar-refractivity contribution in [2.75, 3.05) is 31.1 Å². The molecule has 1 N–H and O–H groups in total. The number of anilines is 1. The van der Waals surface area contributed by atoms with Gasteiger partial charge in [0.1, 0.15) is 5.82 Å². The molecule has 100 valence electrons.